The van der Waals surface area contributed by atoms with E-state index in [2.05, 4.69) is 34.6 Å². The summed E-state index contributed by atoms with van der Waals surface area (Å²) < 4.78 is 0. The Morgan fingerprint density at radius 2 is 1.40 bits per heavy atom. The zero-order valence-electron chi connectivity index (χ0n) is 11.7. The fraction of sp³-hybridized carbons (Fsp3) is 1.00. The molecule has 0 spiro atoms. The molecule has 92 valence electrons. The maximum Gasteiger partial charge on any atom is -0.0365 e. The van der Waals surface area contributed by atoms with Crippen molar-refractivity contribution in [1.82, 2.24) is 0 Å². The molecule has 0 aromatic heterocycles. The molecule has 2 atom stereocenters. The molecule has 0 amide bonds. The molecule has 0 heterocycles. The van der Waals surface area contributed by atoms with Crippen LogP contribution in [0.2, 0.25) is 0 Å². The van der Waals surface area contributed by atoms with E-state index in [1.165, 1.54) is 44.9 Å². The molecule has 0 aliphatic rings. The van der Waals surface area contributed by atoms with Gasteiger partial charge in [0.05, 0.1) is 0 Å². The average Bonchev–Trinajstić information content (AvgIpc) is 2.20. The van der Waals surface area contributed by atoms with Gasteiger partial charge in [-0.2, -0.15) is 0 Å². The molecule has 0 saturated heterocycles. The van der Waals surface area contributed by atoms with Gasteiger partial charge in [-0.25, -0.2) is 0 Å². The molecule has 0 radical (unpaired) electrons. The summed E-state index contributed by atoms with van der Waals surface area (Å²) in [6.45, 7) is 11.9. The van der Waals surface area contributed by atoms with E-state index >= 15 is 0 Å². The summed E-state index contributed by atoms with van der Waals surface area (Å²) in [6, 6.07) is 0. The van der Waals surface area contributed by atoms with Crippen LogP contribution in [-0.4, -0.2) is 0 Å². The topological polar surface area (TPSA) is 0 Å². The molecule has 0 aliphatic carbocycles. The molecule has 0 nitrogen and oxygen atoms in total. The Morgan fingerprint density at radius 1 is 0.733 bits per heavy atom. The lowest BCUT2D eigenvalue weighted by molar-refractivity contribution is 0.235. The van der Waals surface area contributed by atoms with Crippen LogP contribution in [-0.2, 0) is 0 Å². The lowest BCUT2D eigenvalue weighted by atomic mass is 9.79. The predicted molar refractivity (Wildman–Crippen MR) is 71.2 cm³/mol. The molecule has 0 bridgehead atoms. The van der Waals surface area contributed by atoms with Crippen LogP contribution in [0.5, 0.6) is 0 Å². The fourth-order valence-corrected chi connectivity index (χ4v) is 2.72. The normalized spacial score (nSPS) is 15.6. The van der Waals surface area contributed by atoms with Gasteiger partial charge in [-0.3, -0.25) is 0 Å². The molecule has 0 aromatic rings. The molecular weight excluding hydrogens is 180 g/mol. The second-order valence-corrected chi connectivity index (χ2v) is 5.52. The Morgan fingerprint density at radius 3 is 1.87 bits per heavy atom. The van der Waals surface area contributed by atoms with Crippen LogP contribution < -0.4 is 0 Å². The van der Waals surface area contributed by atoms with Gasteiger partial charge in [-0.05, 0) is 17.8 Å². The van der Waals surface area contributed by atoms with Gasteiger partial charge < -0.3 is 0 Å². The number of rotatable bonds is 9. The van der Waals surface area contributed by atoms with E-state index in [1.54, 1.807) is 0 Å². The third-order valence-corrected chi connectivity index (χ3v) is 3.72. The minimum Gasteiger partial charge on any atom is -0.0654 e. The van der Waals surface area contributed by atoms with Gasteiger partial charge in [-0.1, -0.05) is 79.6 Å². The molecule has 2 unspecified atom stereocenters. The van der Waals surface area contributed by atoms with Crippen LogP contribution in [0.3, 0.4) is 0 Å². The second kappa shape index (κ2) is 9.24. The minimum atomic E-state index is 0.867. The highest BCUT2D eigenvalue weighted by molar-refractivity contribution is 4.69. The maximum atomic E-state index is 2.46. The molecule has 0 heteroatoms. The van der Waals surface area contributed by atoms with Crippen molar-refractivity contribution >= 4 is 0 Å². The SMILES string of the molecule is CCCCCCC(C)C(CCC)C(C)C. The average molecular weight is 212 g/mol. The van der Waals surface area contributed by atoms with Crippen LogP contribution in [0.4, 0.5) is 0 Å². The zero-order chi connectivity index (χ0) is 11.7. The second-order valence-electron chi connectivity index (χ2n) is 5.52. The first kappa shape index (κ1) is 15.0. The van der Waals surface area contributed by atoms with Gasteiger partial charge in [0, 0.05) is 0 Å². The van der Waals surface area contributed by atoms with Gasteiger partial charge in [-0.15, -0.1) is 0 Å². The quantitative estimate of drug-likeness (QED) is 0.432. The summed E-state index contributed by atoms with van der Waals surface area (Å²) >= 11 is 0. The number of hydrogen-bond donors (Lipinski definition) is 0. The summed E-state index contributed by atoms with van der Waals surface area (Å²) in [4.78, 5) is 0. The standard InChI is InChI=1S/C15H32/c1-6-8-9-10-12-14(5)15(11-7-2)13(3)4/h13-15H,6-12H2,1-5H3. The van der Waals surface area contributed by atoms with Gasteiger partial charge in [0.1, 0.15) is 0 Å². The largest absolute Gasteiger partial charge is 0.0654 e. The number of hydrogen-bond acceptors (Lipinski definition) is 0. The van der Waals surface area contributed by atoms with Crippen LogP contribution in [0.25, 0.3) is 0 Å². The minimum absolute atomic E-state index is 0.867. The van der Waals surface area contributed by atoms with E-state index in [1.807, 2.05) is 0 Å². The monoisotopic (exact) mass is 212 g/mol. The van der Waals surface area contributed by atoms with Crippen LogP contribution in [0.1, 0.15) is 79.6 Å². The highest BCUT2D eigenvalue weighted by Gasteiger charge is 2.19. The molecule has 15 heavy (non-hydrogen) atoms. The lowest BCUT2D eigenvalue weighted by Crippen LogP contribution is -2.17. The van der Waals surface area contributed by atoms with Gasteiger partial charge in [0.2, 0.25) is 0 Å². The van der Waals surface area contributed by atoms with Crippen LogP contribution >= 0.6 is 0 Å². The summed E-state index contributed by atoms with van der Waals surface area (Å²) in [7, 11) is 0. The summed E-state index contributed by atoms with van der Waals surface area (Å²) in [5.41, 5.74) is 0. The summed E-state index contributed by atoms with van der Waals surface area (Å²) in [6.07, 6.45) is 9.89. The molecule has 0 fully saturated rings. The first-order chi connectivity index (χ1) is 7.13. The highest BCUT2D eigenvalue weighted by Crippen LogP contribution is 2.29. The Labute approximate surface area is 97.8 Å². The van der Waals surface area contributed by atoms with Crippen molar-refractivity contribution in [3.8, 4) is 0 Å². The third kappa shape index (κ3) is 6.98. The maximum absolute atomic E-state index is 2.46. The molecule has 0 saturated carbocycles. The van der Waals surface area contributed by atoms with E-state index in [0.29, 0.717) is 0 Å². The summed E-state index contributed by atoms with van der Waals surface area (Å²) in [5.74, 6) is 2.75. The molecule has 0 aromatic carbocycles. The predicted octanol–water partition coefficient (Wildman–Crippen LogP) is 5.67. The van der Waals surface area contributed by atoms with Gasteiger partial charge in [0.25, 0.3) is 0 Å². The van der Waals surface area contributed by atoms with E-state index in [-0.39, 0.29) is 0 Å². The van der Waals surface area contributed by atoms with Crippen molar-refractivity contribution in [2.45, 2.75) is 79.6 Å². The Bertz CT molecular complexity index is 126. The van der Waals surface area contributed by atoms with E-state index in [0.717, 1.165) is 17.8 Å². The van der Waals surface area contributed by atoms with E-state index < -0.39 is 0 Å². The van der Waals surface area contributed by atoms with Crippen LogP contribution in [0.15, 0.2) is 0 Å². The Kier molecular flexibility index (Phi) is 9.24. The van der Waals surface area contributed by atoms with Crippen molar-refractivity contribution in [3.63, 3.8) is 0 Å². The van der Waals surface area contributed by atoms with Crippen LogP contribution in [0, 0.1) is 17.8 Å². The lowest BCUT2D eigenvalue weighted by Gasteiger charge is -2.27. The summed E-state index contributed by atoms with van der Waals surface area (Å²) in [5, 5.41) is 0. The van der Waals surface area contributed by atoms with Gasteiger partial charge in [0.15, 0.2) is 0 Å². The van der Waals surface area contributed by atoms with E-state index in [9.17, 15) is 0 Å². The molecule has 0 aliphatic heterocycles. The smallest absolute Gasteiger partial charge is 0.0365 e. The zero-order valence-corrected chi connectivity index (χ0v) is 11.7. The molecular formula is C15H32. The fourth-order valence-electron chi connectivity index (χ4n) is 2.72. The highest BCUT2D eigenvalue weighted by atomic mass is 14.2. The first-order valence-corrected chi connectivity index (χ1v) is 7.13. The third-order valence-electron chi connectivity index (χ3n) is 3.72. The van der Waals surface area contributed by atoms with Crippen molar-refractivity contribution in [2.75, 3.05) is 0 Å². The molecule has 0 N–H and O–H groups in total. The van der Waals surface area contributed by atoms with Crippen molar-refractivity contribution < 1.29 is 0 Å². The van der Waals surface area contributed by atoms with Crippen molar-refractivity contribution in [1.29, 1.82) is 0 Å². The first-order valence-electron chi connectivity index (χ1n) is 7.13. The van der Waals surface area contributed by atoms with Crippen molar-refractivity contribution in [3.05, 3.63) is 0 Å². The Balaban J connectivity index is 3.76. The Hall–Kier alpha value is 0. The van der Waals surface area contributed by atoms with Gasteiger partial charge >= 0.3 is 0 Å². The number of unbranched alkanes of at least 4 members (excludes halogenated alkanes) is 3. The van der Waals surface area contributed by atoms with Crippen molar-refractivity contribution in [2.24, 2.45) is 17.8 Å². The van der Waals surface area contributed by atoms with E-state index in [4.69, 9.17) is 0 Å². The molecule has 0 rings (SSSR count).